The van der Waals surface area contributed by atoms with Crippen molar-refractivity contribution in [3.63, 3.8) is 0 Å². The average Bonchev–Trinajstić information content (AvgIpc) is 3.04. The Balaban J connectivity index is 1.60. The van der Waals surface area contributed by atoms with E-state index in [9.17, 15) is 4.79 Å². The van der Waals surface area contributed by atoms with Gasteiger partial charge in [0, 0.05) is 18.0 Å². The van der Waals surface area contributed by atoms with Crippen molar-refractivity contribution in [1.29, 1.82) is 0 Å². The second-order valence-electron chi connectivity index (χ2n) is 7.73. The van der Waals surface area contributed by atoms with Crippen LogP contribution in [0.4, 0.5) is 0 Å². The number of allylic oxidation sites excluding steroid dienone is 1. The van der Waals surface area contributed by atoms with Crippen LogP contribution in [-0.4, -0.2) is 12.3 Å². The van der Waals surface area contributed by atoms with Crippen molar-refractivity contribution >= 4 is 16.6 Å². The first-order chi connectivity index (χ1) is 13.3. The maximum absolute atomic E-state index is 12.9. The normalized spacial score (nSPS) is 15.4. The topological polar surface area (TPSA) is 29.1 Å². The standard InChI is InChI=1S/C25H33NO/c1-3-5-6-7-8-9-10-11-15-24(27)20-17-16-19-18-23(26-4-2)22-14-12-13-21(20)25(19)22/h3,12-14,16-17,23,26H,1,4-11,15,18H2,2H3. The van der Waals surface area contributed by atoms with E-state index in [1.54, 1.807) is 0 Å². The Hall–Kier alpha value is -1.93. The van der Waals surface area contributed by atoms with Crippen LogP contribution in [0, 0.1) is 0 Å². The van der Waals surface area contributed by atoms with Gasteiger partial charge in [-0.2, -0.15) is 0 Å². The fourth-order valence-electron chi connectivity index (χ4n) is 4.39. The minimum absolute atomic E-state index is 0.303. The van der Waals surface area contributed by atoms with E-state index in [2.05, 4.69) is 49.2 Å². The summed E-state index contributed by atoms with van der Waals surface area (Å²) in [6.45, 7) is 6.88. The summed E-state index contributed by atoms with van der Waals surface area (Å²) in [7, 11) is 0. The molecule has 1 unspecified atom stereocenters. The zero-order chi connectivity index (χ0) is 19.1. The Labute approximate surface area is 164 Å². The highest BCUT2D eigenvalue weighted by Crippen LogP contribution is 2.38. The lowest BCUT2D eigenvalue weighted by Crippen LogP contribution is -2.19. The van der Waals surface area contributed by atoms with E-state index in [0.717, 1.165) is 43.2 Å². The Morgan fingerprint density at radius 1 is 1.11 bits per heavy atom. The molecular formula is C25H33NO. The molecule has 1 N–H and O–H groups in total. The lowest BCUT2D eigenvalue weighted by molar-refractivity contribution is 0.0980. The zero-order valence-electron chi connectivity index (χ0n) is 16.7. The second-order valence-corrected chi connectivity index (χ2v) is 7.73. The number of rotatable bonds is 12. The fraction of sp³-hybridized carbons (Fsp3) is 0.480. The molecule has 3 rings (SSSR count). The van der Waals surface area contributed by atoms with Crippen LogP contribution in [0.1, 0.15) is 85.8 Å². The molecule has 0 amide bonds. The van der Waals surface area contributed by atoms with E-state index >= 15 is 0 Å². The SMILES string of the molecule is C=CCCCCCCCCC(=O)c1ccc2c3c(cccc13)C(NCC)C2. The third-order valence-corrected chi connectivity index (χ3v) is 5.77. The average molecular weight is 364 g/mol. The summed E-state index contributed by atoms with van der Waals surface area (Å²) in [5, 5.41) is 6.05. The molecule has 0 aromatic heterocycles. The molecule has 0 saturated heterocycles. The number of benzene rings is 2. The molecule has 2 heteroatoms. The highest BCUT2D eigenvalue weighted by atomic mass is 16.1. The maximum atomic E-state index is 12.9. The van der Waals surface area contributed by atoms with Gasteiger partial charge in [0.1, 0.15) is 0 Å². The van der Waals surface area contributed by atoms with Crippen LogP contribution in [0.15, 0.2) is 43.0 Å². The van der Waals surface area contributed by atoms with Crippen molar-refractivity contribution in [2.24, 2.45) is 0 Å². The van der Waals surface area contributed by atoms with Crippen LogP contribution in [-0.2, 0) is 6.42 Å². The first kappa shape index (κ1) is 19.8. The predicted molar refractivity (Wildman–Crippen MR) is 116 cm³/mol. The molecule has 2 aromatic carbocycles. The molecular weight excluding hydrogens is 330 g/mol. The number of carbonyl (C=O) groups is 1. The summed E-state index contributed by atoms with van der Waals surface area (Å²) in [5.74, 6) is 0.303. The van der Waals surface area contributed by atoms with Crippen molar-refractivity contribution in [1.82, 2.24) is 5.32 Å². The van der Waals surface area contributed by atoms with Crippen LogP contribution < -0.4 is 5.32 Å². The molecule has 2 aromatic rings. The van der Waals surface area contributed by atoms with Gasteiger partial charge in [-0.1, -0.05) is 69.0 Å². The van der Waals surface area contributed by atoms with Crippen LogP contribution in [0.3, 0.4) is 0 Å². The fourth-order valence-corrected chi connectivity index (χ4v) is 4.39. The van der Waals surface area contributed by atoms with Crippen molar-refractivity contribution in [3.8, 4) is 0 Å². The molecule has 0 fully saturated rings. The van der Waals surface area contributed by atoms with E-state index in [4.69, 9.17) is 0 Å². The number of hydrogen-bond donors (Lipinski definition) is 1. The quantitative estimate of drug-likeness (QED) is 0.264. The molecule has 0 spiro atoms. The number of carbonyl (C=O) groups excluding carboxylic acids is 1. The van der Waals surface area contributed by atoms with Gasteiger partial charge >= 0.3 is 0 Å². The summed E-state index contributed by atoms with van der Waals surface area (Å²) >= 11 is 0. The van der Waals surface area contributed by atoms with Crippen molar-refractivity contribution in [2.45, 2.75) is 70.8 Å². The summed E-state index contributed by atoms with van der Waals surface area (Å²) in [6, 6.07) is 11.1. The Morgan fingerprint density at radius 3 is 2.67 bits per heavy atom. The van der Waals surface area contributed by atoms with Crippen molar-refractivity contribution in [2.75, 3.05) is 6.54 Å². The van der Waals surface area contributed by atoms with Gasteiger partial charge in [-0.05, 0) is 54.1 Å². The van der Waals surface area contributed by atoms with E-state index in [-0.39, 0.29) is 0 Å². The molecule has 0 bridgehead atoms. The van der Waals surface area contributed by atoms with Crippen LogP contribution >= 0.6 is 0 Å². The largest absolute Gasteiger partial charge is 0.310 e. The summed E-state index contributed by atoms with van der Waals surface area (Å²) < 4.78 is 0. The van der Waals surface area contributed by atoms with Gasteiger partial charge in [-0.25, -0.2) is 0 Å². The van der Waals surface area contributed by atoms with Gasteiger partial charge in [0.15, 0.2) is 5.78 Å². The van der Waals surface area contributed by atoms with Gasteiger partial charge < -0.3 is 5.32 Å². The first-order valence-corrected chi connectivity index (χ1v) is 10.7. The number of ketones is 1. The molecule has 27 heavy (non-hydrogen) atoms. The van der Waals surface area contributed by atoms with Gasteiger partial charge in [0.05, 0.1) is 0 Å². The lowest BCUT2D eigenvalue weighted by atomic mass is 9.95. The Kier molecular flexibility index (Phi) is 7.23. The highest BCUT2D eigenvalue weighted by molar-refractivity contribution is 6.10. The molecule has 0 saturated carbocycles. The van der Waals surface area contributed by atoms with E-state index in [1.165, 1.54) is 42.2 Å². The summed E-state index contributed by atoms with van der Waals surface area (Å²) in [6.07, 6.45) is 12.0. The van der Waals surface area contributed by atoms with E-state index < -0.39 is 0 Å². The maximum Gasteiger partial charge on any atom is 0.163 e. The highest BCUT2D eigenvalue weighted by Gasteiger charge is 2.25. The molecule has 1 aliphatic carbocycles. The molecule has 2 nitrogen and oxygen atoms in total. The molecule has 1 atom stereocenters. The molecule has 1 aliphatic rings. The number of hydrogen-bond acceptors (Lipinski definition) is 2. The number of nitrogens with one attached hydrogen (secondary N) is 1. The number of likely N-dealkylation sites (N-methyl/N-ethyl adjacent to an activating group) is 1. The Morgan fingerprint density at radius 2 is 1.89 bits per heavy atom. The molecule has 0 radical (unpaired) electrons. The number of Topliss-reactive ketones (excluding diaryl/α,β-unsaturated/α-hetero) is 1. The minimum Gasteiger partial charge on any atom is -0.310 e. The molecule has 0 aliphatic heterocycles. The monoisotopic (exact) mass is 363 g/mol. The Bertz CT molecular complexity index is 792. The minimum atomic E-state index is 0.303. The van der Waals surface area contributed by atoms with Crippen molar-refractivity contribution < 1.29 is 4.79 Å². The van der Waals surface area contributed by atoms with Gasteiger partial charge in [-0.15, -0.1) is 6.58 Å². The van der Waals surface area contributed by atoms with E-state index in [1.807, 2.05) is 6.08 Å². The molecule has 144 valence electrons. The third-order valence-electron chi connectivity index (χ3n) is 5.77. The second kappa shape index (κ2) is 9.85. The third kappa shape index (κ3) is 4.68. The van der Waals surface area contributed by atoms with Gasteiger partial charge in [-0.3, -0.25) is 4.79 Å². The van der Waals surface area contributed by atoms with Gasteiger partial charge in [0.25, 0.3) is 0 Å². The van der Waals surface area contributed by atoms with Crippen LogP contribution in [0.5, 0.6) is 0 Å². The summed E-state index contributed by atoms with van der Waals surface area (Å²) in [4.78, 5) is 12.9. The lowest BCUT2D eigenvalue weighted by Gasteiger charge is -2.12. The van der Waals surface area contributed by atoms with Crippen molar-refractivity contribution in [3.05, 3.63) is 59.7 Å². The van der Waals surface area contributed by atoms with Gasteiger partial charge in [0.2, 0.25) is 0 Å². The zero-order valence-corrected chi connectivity index (χ0v) is 16.7. The summed E-state index contributed by atoms with van der Waals surface area (Å²) in [5.41, 5.74) is 3.65. The van der Waals surface area contributed by atoms with Crippen LogP contribution in [0.2, 0.25) is 0 Å². The number of unbranched alkanes of at least 4 members (excludes halogenated alkanes) is 6. The smallest absolute Gasteiger partial charge is 0.163 e. The van der Waals surface area contributed by atoms with Crippen LogP contribution in [0.25, 0.3) is 10.8 Å². The predicted octanol–water partition coefficient (Wildman–Crippen LogP) is 6.54. The van der Waals surface area contributed by atoms with E-state index in [0.29, 0.717) is 18.2 Å². The molecule has 0 heterocycles. The first-order valence-electron chi connectivity index (χ1n) is 10.7.